The Morgan fingerprint density at radius 3 is 2.71 bits per heavy atom. The molecule has 0 bridgehead atoms. The average Bonchev–Trinajstić information content (AvgIpc) is 2.09. The molecule has 14 heavy (non-hydrogen) atoms. The zero-order chi connectivity index (χ0) is 9.84. The largest absolute Gasteiger partial charge is 0.324 e. The Bertz CT molecular complexity index is 291. The van der Waals surface area contributed by atoms with Crippen LogP contribution in [0.15, 0.2) is 18.2 Å². The van der Waals surface area contributed by atoms with Crippen LogP contribution in [0, 0.1) is 5.82 Å². The maximum atomic E-state index is 13.2. The second-order valence-electron chi connectivity index (χ2n) is 3.06. The minimum absolute atomic E-state index is 0. The second kappa shape index (κ2) is 6.23. The molecule has 0 aliphatic rings. The first kappa shape index (κ1) is 13.7. The van der Waals surface area contributed by atoms with E-state index in [0.717, 1.165) is 12.8 Å². The Labute approximate surface area is 94.9 Å². The summed E-state index contributed by atoms with van der Waals surface area (Å²) in [7, 11) is 0. The lowest BCUT2D eigenvalue weighted by atomic mass is 10.0. The SMILES string of the molecule is CCC[C@H](N)c1cc(Cl)ccc1F.Cl. The molecular formula is C10H14Cl2FN. The van der Waals surface area contributed by atoms with Gasteiger partial charge in [0.15, 0.2) is 0 Å². The van der Waals surface area contributed by atoms with Crippen molar-refractivity contribution in [2.24, 2.45) is 5.73 Å². The topological polar surface area (TPSA) is 26.0 Å². The Hall–Kier alpha value is -0.310. The predicted molar refractivity (Wildman–Crippen MR) is 60.5 cm³/mol. The monoisotopic (exact) mass is 237 g/mol. The van der Waals surface area contributed by atoms with Crippen molar-refractivity contribution in [3.05, 3.63) is 34.6 Å². The van der Waals surface area contributed by atoms with Crippen molar-refractivity contribution in [1.82, 2.24) is 0 Å². The van der Waals surface area contributed by atoms with Gasteiger partial charge in [0.05, 0.1) is 0 Å². The number of halogens is 3. The van der Waals surface area contributed by atoms with Crippen LogP contribution in [0.5, 0.6) is 0 Å². The van der Waals surface area contributed by atoms with Crippen LogP contribution in [0.4, 0.5) is 4.39 Å². The minimum Gasteiger partial charge on any atom is -0.324 e. The number of rotatable bonds is 3. The van der Waals surface area contributed by atoms with E-state index >= 15 is 0 Å². The first-order chi connectivity index (χ1) is 6.15. The van der Waals surface area contributed by atoms with Crippen LogP contribution < -0.4 is 5.73 Å². The lowest BCUT2D eigenvalue weighted by Gasteiger charge is -2.11. The van der Waals surface area contributed by atoms with Crippen LogP contribution in [0.3, 0.4) is 0 Å². The lowest BCUT2D eigenvalue weighted by molar-refractivity contribution is 0.560. The van der Waals surface area contributed by atoms with E-state index in [9.17, 15) is 4.39 Å². The van der Waals surface area contributed by atoms with Gasteiger partial charge in [0.25, 0.3) is 0 Å². The molecule has 0 saturated carbocycles. The summed E-state index contributed by atoms with van der Waals surface area (Å²) in [6, 6.07) is 4.23. The van der Waals surface area contributed by atoms with Crippen LogP contribution >= 0.6 is 24.0 Å². The third kappa shape index (κ3) is 3.45. The molecular weight excluding hydrogens is 224 g/mol. The van der Waals surface area contributed by atoms with E-state index in [0.29, 0.717) is 10.6 Å². The molecule has 0 unspecified atom stereocenters. The van der Waals surface area contributed by atoms with E-state index in [1.165, 1.54) is 12.1 Å². The summed E-state index contributed by atoms with van der Waals surface area (Å²) >= 11 is 5.74. The summed E-state index contributed by atoms with van der Waals surface area (Å²) in [4.78, 5) is 0. The maximum absolute atomic E-state index is 13.2. The van der Waals surface area contributed by atoms with Crippen LogP contribution in [0.1, 0.15) is 31.4 Å². The normalized spacial score (nSPS) is 12.0. The molecule has 2 N–H and O–H groups in total. The molecule has 80 valence electrons. The van der Waals surface area contributed by atoms with Gasteiger partial charge >= 0.3 is 0 Å². The van der Waals surface area contributed by atoms with Crippen LogP contribution in [0.25, 0.3) is 0 Å². The van der Waals surface area contributed by atoms with Gasteiger partial charge in [0.1, 0.15) is 5.82 Å². The predicted octanol–water partition coefficient (Wildman–Crippen LogP) is 3.70. The van der Waals surface area contributed by atoms with Gasteiger partial charge in [-0.05, 0) is 24.6 Å². The van der Waals surface area contributed by atoms with Gasteiger partial charge in [-0.2, -0.15) is 0 Å². The van der Waals surface area contributed by atoms with E-state index in [2.05, 4.69) is 0 Å². The molecule has 1 aromatic carbocycles. The van der Waals surface area contributed by atoms with Crippen molar-refractivity contribution in [3.8, 4) is 0 Å². The Morgan fingerprint density at radius 2 is 2.14 bits per heavy atom. The molecule has 1 aromatic rings. The molecule has 0 aromatic heterocycles. The molecule has 0 fully saturated rings. The van der Waals surface area contributed by atoms with Crippen LogP contribution in [-0.4, -0.2) is 0 Å². The summed E-state index contributed by atoms with van der Waals surface area (Å²) in [5.41, 5.74) is 6.29. The smallest absolute Gasteiger partial charge is 0.128 e. The zero-order valence-electron chi connectivity index (χ0n) is 7.97. The van der Waals surface area contributed by atoms with Crippen molar-refractivity contribution < 1.29 is 4.39 Å². The molecule has 0 radical (unpaired) electrons. The summed E-state index contributed by atoms with van der Waals surface area (Å²) in [6.45, 7) is 2.02. The standard InChI is InChI=1S/C10H13ClFN.ClH/c1-2-3-10(13)8-6-7(11)4-5-9(8)12;/h4-6,10H,2-3,13H2,1H3;1H/t10-;/m0./s1. The van der Waals surface area contributed by atoms with Crippen molar-refractivity contribution in [2.45, 2.75) is 25.8 Å². The van der Waals surface area contributed by atoms with Crippen molar-refractivity contribution >= 4 is 24.0 Å². The van der Waals surface area contributed by atoms with E-state index in [1.807, 2.05) is 6.92 Å². The average molecular weight is 238 g/mol. The molecule has 0 spiro atoms. The molecule has 0 aliphatic carbocycles. The lowest BCUT2D eigenvalue weighted by Crippen LogP contribution is -2.11. The fraction of sp³-hybridized carbons (Fsp3) is 0.400. The Morgan fingerprint density at radius 1 is 1.50 bits per heavy atom. The van der Waals surface area contributed by atoms with Crippen LogP contribution in [-0.2, 0) is 0 Å². The molecule has 0 aliphatic heterocycles. The molecule has 1 atom stereocenters. The van der Waals surface area contributed by atoms with Gasteiger partial charge in [-0.3, -0.25) is 0 Å². The highest BCUT2D eigenvalue weighted by Crippen LogP contribution is 2.22. The van der Waals surface area contributed by atoms with Crippen LogP contribution in [0.2, 0.25) is 5.02 Å². The number of hydrogen-bond donors (Lipinski definition) is 1. The van der Waals surface area contributed by atoms with Gasteiger partial charge in [-0.15, -0.1) is 12.4 Å². The zero-order valence-corrected chi connectivity index (χ0v) is 9.54. The van der Waals surface area contributed by atoms with Crippen molar-refractivity contribution in [1.29, 1.82) is 0 Å². The van der Waals surface area contributed by atoms with Gasteiger partial charge in [-0.25, -0.2) is 4.39 Å². The highest BCUT2D eigenvalue weighted by Gasteiger charge is 2.10. The first-order valence-electron chi connectivity index (χ1n) is 4.35. The van der Waals surface area contributed by atoms with E-state index in [4.69, 9.17) is 17.3 Å². The maximum Gasteiger partial charge on any atom is 0.128 e. The highest BCUT2D eigenvalue weighted by atomic mass is 35.5. The molecule has 1 rings (SSSR count). The van der Waals surface area contributed by atoms with E-state index < -0.39 is 0 Å². The summed E-state index contributed by atoms with van der Waals surface area (Å²) < 4.78 is 13.2. The third-order valence-corrected chi connectivity index (χ3v) is 2.19. The Kier molecular flexibility index (Phi) is 6.09. The fourth-order valence-corrected chi connectivity index (χ4v) is 1.45. The van der Waals surface area contributed by atoms with Gasteiger partial charge in [0.2, 0.25) is 0 Å². The third-order valence-electron chi connectivity index (χ3n) is 1.96. The minimum atomic E-state index is -0.273. The molecule has 0 saturated heterocycles. The van der Waals surface area contributed by atoms with Crippen molar-refractivity contribution in [3.63, 3.8) is 0 Å². The molecule has 0 heterocycles. The van der Waals surface area contributed by atoms with E-state index in [-0.39, 0.29) is 24.3 Å². The molecule has 4 heteroatoms. The van der Waals surface area contributed by atoms with Gasteiger partial charge in [-0.1, -0.05) is 24.9 Å². The second-order valence-corrected chi connectivity index (χ2v) is 3.50. The molecule has 0 amide bonds. The number of benzene rings is 1. The number of hydrogen-bond acceptors (Lipinski definition) is 1. The summed E-state index contributed by atoms with van der Waals surface area (Å²) in [5, 5.41) is 0.531. The summed E-state index contributed by atoms with van der Waals surface area (Å²) in [5.74, 6) is -0.273. The van der Waals surface area contributed by atoms with Gasteiger partial charge < -0.3 is 5.73 Å². The highest BCUT2D eigenvalue weighted by molar-refractivity contribution is 6.30. The van der Waals surface area contributed by atoms with E-state index in [1.54, 1.807) is 6.07 Å². The van der Waals surface area contributed by atoms with Crippen molar-refractivity contribution in [2.75, 3.05) is 0 Å². The van der Waals surface area contributed by atoms with Gasteiger partial charge in [0, 0.05) is 16.6 Å². The fourth-order valence-electron chi connectivity index (χ4n) is 1.27. The Balaban J connectivity index is 0.00000169. The summed E-state index contributed by atoms with van der Waals surface area (Å²) in [6.07, 6.45) is 1.71. The number of nitrogens with two attached hydrogens (primary N) is 1. The first-order valence-corrected chi connectivity index (χ1v) is 4.73. The quantitative estimate of drug-likeness (QED) is 0.853. The molecule has 1 nitrogen and oxygen atoms in total.